The van der Waals surface area contributed by atoms with Crippen molar-refractivity contribution in [3.8, 4) is 0 Å². The van der Waals surface area contributed by atoms with Crippen molar-refractivity contribution < 1.29 is 4.57 Å². The Hall–Kier alpha value is -1.58. The van der Waals surface area contributed by atoms with Gasteiger partial charge in [0, 0.05) is 12.4 Å². The molecule has 0 fully saturated rings. The van der Waals surface area contributed by atoms with Gasteiger partial charge in [-0.15, -0.1) is 0 Å². The van der Waals surface area contributed by atoms with Gasteiger partial charge in [0.2, 0.25) is 6.33 Å². The quantitative estimate of drug-likeness (QED) is 0.573. The van der Waals surface area contributed by atoms with E-state index in [1.807, 2.05) is 41.1 Å². The number of rotatable bonds is 2. The summed E-state index contributed by atoms with van der Waals surface area (Å²) in [5, 5.41) is 0. The van der Waals surface area contributed by atoms with Gasteiger partial charge in [0.25, 0.3) is 0 Å². The Bertz CT molecular complexity index is 347. The Kier molecular flexibility index (Phi) is 1.66. The van der Waals surface area contributed by atoms with Crippen molar-refractivity contribution in [2.75, 3.05) is 0 Å². The number of hydrogen-bond donors (Lipinski definition) is 0. The molecule has 0 atom stereocenters. The third-order valence-corrected chi connectivity index (χ3v) is 1.71. The molecule has 2 aromatic rings. The molecule has 0 aromatic carbocycles. The summed E-state index contributed by atoms with van der Waals surface area (Å²) in [6.45, 7) is 0.820. The van der Waals surface area contributed by atoms with E-state index < -0.39 is 0 Å². The van der Waals surface area contributed by atoms with Gasteiger partial charge in [-0.25, -0.2) is 14.1 Å². The lowest BCUT2D eigenvalue weighted by Gasteiger charge is -1.95. The van der Waals surface area contributed by atoms with E-state index in [1.165, 1.54) is 0 Å². The highest BCUT2D eigenvalue weighted by atomic mass is 15.2. The van der Waals surface area contributed by atoms with E-state index in [-0.39, 0.29) is 0 Å². The van der Waals surface area contributed by atoms with Crippen molar-refractivity contribution in [3.05, 3.63) is 37.4 Å². The van der Waals surface area contributed by atoms with Gasteiger partial charge in [0.1, 0.15) is 12.4 Å². The molecule has 0 radical (unpaired) electrons. The third-order valence-electron chi connectivity index (χ3n) is 1.71. The van der Waals surface area contributed by atoms with E-state index in [0.29, 0.717) is 0 Å². The maximum absolute atomic E-state index is 3.97. The Morgan fingerprint density at radius 3 is 2.83 bits per heavy atom. The molecule has 0 saturated heterocycles. The molecular weight excluding hydrogens is 152 g/mol. The third kappa shape index (κ3) is 1.37. The van der Waals surface area contributed by atoms with Gasteiger partial charge in [0.15, 0.2) is 6.67 Å². The van der Waals surface area contributed by atoms with Crippen LogP contribution in [-0.2, 0) is 13.7 Å². The highest BCUT2D eigenvalue weighted by molar-refractivity contribution is 4.76. The lowest BCUT2D eigenvalue weighted by Crippen LogP contribution is -2.24. The van der Waals surface area contributed by atoms with Crippen molar-refractivity contribution in [2.24, 2.45) is 7.05 Å². The second-order valence-electron chi connectivity index (χ2n) is 2.81. The van der Waals surface area contributed by atoms with E-state index in [1.54, 1.807) is 12.5 Å². The van der Waals surface area contributed by atoms with Crippen LogP contribution in [0.5, 0.6) is 0 Å². The SMILES string of the molecule is C[n+]1ccn(Cn2ccnc2)c1. The minimum Gasteiger partial charge on any atom is -0.300 e. The molecule has 0 saturated carbocycles. The zero-order valence-corrected chi connectivity index (χ0v) is 6.96. The van der Waals surface area contributed by atoms with Gasteiger partial charge >= 0.3 is 0 Å². The highest BCUT2D eigenvalue weighted by Gasteiger charge is 1.98. The topological polar surface area (TPSA) is 26.6 Å². The molecule has 12 heavy (non-hydrogen) atoms. The highest BCUT2D eigenvalue weighted by Crippen LogP contribution is 1.88. The van der Waals surface area contributed by atoms with Crippen molar-refractivity contribution in [3.63, 3.8) is 0 Å². The molecule has 0 aliphatic heterocycles. The van der Waals surface area contributed by atoms with E-state index in [4.69, 9.17) is 0 Å². The van der Waals surface area contributed by atoms with Gasteiger partial charge in [-0.05, 0) is 0 Å². The van der Waals surface area contributed by atoms with Crippen molar-refractivity contribution in [2.45, 2.75) is 6.67 Å². The summed E-state index contributed by atoms with van der Waals surface area (Å²) >= 11 is 0. The fourth-order valence-corrected chi connectivity index (χ4v) is 1.14. The van der Waals surface area contributed by atoms with Crippen LogP contribution < -0.4 is 4.57 Å². The fourth-order valence-electron chi connectivity index (χ4n) is 1.14. The molecule has 0 bridgehead atoms. The van der Waals surface area contributed by atoms with Gasteiger partial charge in [-0.2, -0.15) is 0 Å². The van der Waals surface area contributed by atoms with Crippen molar-refractivity contribution in [1.29, 1.82) is 0 Å². The van der Waals surface area contributed by atoms with Crippen LogP contribution in [0.1, 0.15) is 0 Å². The molecule has 0 spiro atoms. The Morgan fingerprint density at radius 2 is 2.25 bits per heavy atom. The number of aromatic nitrogens is 4. The van der Waals surface area contributed by atoms with Crippen LogP contribution in [0.2, 0.25) is 0 Å². The number of imidazole rings is 2. The normalized spacial score (nSPS) is 10.4. The van der Waals surface area contributed by atoms with Crippen LogP contribution in [0, 0.1) is 0 Å². The number of hydrogen-bond acceptors (Lipinski definition) is 1. The number of nitrogens with zero attached hydrogens (tertiary/aromatic N) is 4. The largest absolute Gasteiger partial charge is 0.300 e. The first-order chi connectivity index (χ1) is 5.84. The summed E-state index contributed by atoms with van der Waals surface area (Å²) in [4.78, 5) is 3.97. The molecule has 0 aliphatic carbocycles. The minimum absolute atomic E-state index is 0.820. The zero-order chi connectivity index (χ0) is 8.39. The fraction of sp³-hybridized carbons (Fsp3) is 0.250. The van der Waals surface area contributed by atoms with Gasteiger partial charge in [0.05, 0.1) is 13.4 Å². The van der Waals surface area contributed by atoms with Crippen LogP contribution in [0.25, 0.3) is 0 Å². The molecule has 0 N–H and O–H groups in total. The molecule has 2 heterocycles. The first kappa shape index (κ1) is 7.09. The lowest BCUT2D eigenvalue weighted by molar-refractivity contribution is -0.671. The van der Waals surface area contributed by atoms with Gasteiger partial charge in [-0.1, -0.05) is 0 Å². The molecule has 4 heteroatoms. The van der Waals surface area contributed by atoms with Crippen LogP contribution >= 0.6 is 0 Å². The standard InChI is InChI=1S/C8H11N4/c1-10-4-5-12(7-10)8-11-3-2-9-6-11/h2-7H,8H2,1H3/q+1. The Morgan fingerprint density at radius 1 is 1.33 bits per heavy atom. The van der Waals surface area contributed by atoms with Gasteiger partial charge in [-0.3, -0.25) is 0 Å². The average molecular weight is 163 g/mol. The summed E-state index contributed by atoms with van der Waals surface area (Å²) in [6, 6.07) is 0. The summed E-state index contributed by atoms with van der Waals surface area (Å²) in [5.74, 6) is 0. The molecular formula is C8H11N4+. The van der Waals surface area contributed by atoms with E-state index in [0.717, 1.165) is 6.67 Å². The minimum atomic E-state index is 0.820. The Labute approximate surface area is 70.7 Å². The second-order valence-corrected chi connectivity index (χ2v) is 2.81. The molecule has 62 valence electrons. The lowest BCUT2D eigenvalue weighted by atomic mass is 10.8. The molecule has 2 aromatic heterocycles. The predicted molar refractivity (Wildman–Crippen MR) is 43.2 cm³/mol. The van der Waals surface area contributed by atoms with Crippen molar-refractivity contribution >= 4 is 0 Å². The zero-order valence-electron chi connectivity index (χ0n) is 6.96. The number of aryl methyl sites for hydroxylation is 1. The monoisotopic (exact) mass is 163 g/mol. The average Bonchev–Trinajstić information content (AvgIpc) is 2.63. The van der Waals surface area contributed by atoms with E-state index in [2.05, 4.69) is 9.55 Å². The maximum Gasteiger partial charge on any atom is 0.245 e. The smallest absolute Gasteiger partial charge is 0.245 e. The predicted octanol–water partition coefficient (Wildman–Crippen LogP) is 0.0149. The summed E-state index contributed by atoms with van der Waals surface area (Å²) in [5.41, 5.74) is 0. The molecule has 0 aliphatic rings. The molecule has 0 unspecified atom stereocenters. The van der Waals surface area contributed by atoms with Crippen molar-refractivity contribution in [1.82, 2.24) is 14.1 Å². The first-order valence-electron chi connectivity index (χ1n) is 3.81. The summed E-state index contributed by atoms with van der Waals surface area (Å²) in [6.07, 6.45) is 11.6. The molecule has 2 rings (SSSR count). The summed E-state index contributed by atoms with van der Waals surface area (Å²) in [7, 11) is 2.00. The molecule has 0 amide bonds. The van der Waals surface area contributed by atoms with Gasteiger partial charge < -0.3 is 4.57 Å². The Balaban J connectivity index is 2.14. The van der Waals surface area contributed by atoms with Crippen LogP contribution in [0.3, 0.4) is 0 Å². The van der Waals surface area contributed by atoms with E-state index >= 15 is 0 Å². The molecule has 4 nitrogen and oxygen atoms in total. The second kappa shape index (κ2) is 2.81. The van der Waals surface area contributed by atoms with Crippen LogP contribution in [0.15, 0.2) is 37.4 Å². The van der Waals surface area contributed by atoms with Crippen LogP contribution in [0.4, 0.5) is 0 Å². The first-order valence-corrected chi connectivity index (χ1v) is 3.81. The summed E-state index contributed by atoms with van der Waals surface area (Å²) < 4.78 is 6.11. The van der Waals surface area contributed by atoms with E-state index in [9.17, 15) is 0 Å². The maximum atomic E-state index is 3.97. The van der Waals surface area contributed by atoms with Crippen LogP contribution in [-0.4, -0.2) is 14.1 Å².